The van der Waals surface area contributed by atoms with E-state index in [9.17, 15) is 0 Å². The summed E-state index contributed by atoms with van der Waals surface area (Å²) in [6.07, 6.45) is 0.216. The van der Waals surface area contributed by atoms with Gasteiger partial charge in [0, 0.05) is 4.47 Å². The van der Waals surface area contributed by atoms with Gasteiger partial charge in [-0.1, -0.05) is 40.2 Å². The van der Waals surface area contributed by atoms with Gasteiger partial charge in [-0.3, -0.25) is 0 Å². The van der Waals surface area contributed by atoms with Crippen molar-refractivity contribution >= 4 is 15.9 Å². The average molecular weight is 291 g/mol. The Morgan fingerprint density at radius 1 is 0.824 bits per heavy atom. The lowest BCUT2D eigenvalue weighted by Gasteiger charge is -2.10. The van der Waals surface area contributed by atoms with Crippen molar-refractivity contribution in [1.29, 1.82) is 0 Å². The first kappa shape index (κ1) is 12.2. The summed E-state index contributed by atoms with van der Waals surface area (Å²) in [5, 5.41) is 0. The van der Waals surface area contributed by atoms with Gasteiger partial charge in [-0.2, -0.15) is 0 Å². The van der Waals surface area contributed by atoms with Crippen LogP contribution in [0.1, 0.15) is 13.8 Å². The fourth-order valence-corrected chi connectivity index (χ4v) is 1.90. The van der Waals surface area contributed by atoms with E-state index in [2.05, 4.69) is 40.2 Å². The van der Waals surface area contributed by atoms with Crippen LogP contribution in [0.4, 0.5) is 0 Å². The molecule has 0 heterocycles. The molecule has 2 aromatic rings. The molecular formula is C15H15BrO. The molecule has 0 amide bonds. The predicted molar refractivity (Wildman–Crippen MR) is 75.3 cm³/mol. The van der Waals surface area contributed by atoms with Gasteiger partial charge in [0.2, 0.25) is 0 Å². The van der Waals surface area contributed by atoms with Crippen molar-refractivity contribution in [3.8, 4) is 16.9 Å². The van der Waals surface area contributed by atoms with Crippen molar-refractivity contribution < 1.29 is 4.74 Å². The highest BCUT2D eigenvalue weighted by Gasteiger charge is 2.00. The number of hydrogen-bond donors (Lipinski definition) is 0. The van der Waals surface area contributed by atoms with Gasteiger partial charge in [0.15, 0.2) is 0 Å². The number of halogens is 1. The van der Waals surface area contributed by atoms with Crippen molar-refractivity contribution in [2.24, 2.45) is 0 Å². The monoisotopic (exact) mass is 290 g/mol. The maximum absolute atomic E-state index is 5.62. The van der Waals surface area contributed by atoms with Gasteiger partial charge in [0.1, 0.15) is 5.75 Å². The van der Waals surface area contributed by atoms with Crippen LogP contribution in [-0.4, -0.2) is 6.10 Å². The standard InChI is InChI=1S/C15H15BrO/c1-11(2)17-15-9-5-13(6-10-15)12-3-7-14(16)8-4-12/h3-11H,1-2H3. The topological polar surface area (TPSA) is 9.23 Å². The van der Waals surface area contributed by atoms with E-state index < -0.39 is 0 Å². The second-order valence-electron chi connectivity index (χ2n) is 4.20. The predicted octanol–water partition coefficient (Wildman–Crippen LogP) is 4.90. The van der Waals surface area contributed by atoms with Crippen molar-refractivity contribution in [1.82, 2.24) is 0 Å². The molecule has 2 rings (SSSR count). The van der Waals surface area contributed by atoms with Crippen LogP contribution in [-0.2, 0) is 0 Å². The van der Waals surface area contributed by atoms with Gasteiger partial charge in [-0.05, 0) is 49.2 Å². The molecule has 2 aromatic carbocycles. The average Bonchev–Trinajstić information content (AvgIpc) is 2.30. The molecule has 1 nitrogen and oxygen atoms in total. The summed E-state index contributed by atoms with van der Waals surface area (Å²) in [6, 6.07) is 16.5. The number of hydrogen-bond acceptors (Lipinski definition) is 1. The van der Waals surface area contributed by atoms with Crippen LogP contribution >= 0.6 is 15.9 Å². The smallest absolute Gasteiger partial charge is 0.119 e. The van der Waals surface area contributed by atoms with Gasteiger partial charge >= 0.3 is 0 Å². The lowest BCUT2D eigenvalue weighted by atomic mass is 10.1. The molecule has 0 N–H and O–H groups in total. The maximum atomic E-state index is 5.62. The molecule has 0 radical (unpaired) electrons. The van der Waals surface area contributed by atoms with E-state index >= 15 is 0 Å². The van der Waals surface area contributed by atoms with Crippen LogP contribution in [0.15, 0.2) is 53.0 Å². The second-order valence-corrected chi connectivity index (χ2v) is 5.11. The third kappa shape index (κ3) is 3.34. The first-order valence-corrected chi connectivity index (χ1v) is 6.47. The summed E-state index contributed by atoms with van der Waals surface area (Å²) in [4.78, 5) is 0. The van der Waals surface area contributed by atoms with Gasteiger partial charge in [0.25, 0.3) is 0 Å². The zero-order valence-corrected chi connectivity index (χ0v) is 11.6. The molecule has 0 saturated carbocycles. The minimum absolute atomic E-state index is 0.216. The first-order chi connectivity index (χ1) is 8.15. The summed E-state index contributed by atoms with van der Waals surface area (Å²) in [7, 11) is 0. The lowest BCUT2D eigenvalue weighted by molar-refractivity contribution is 0.242. The molecule has 0 spiro atoms. The Morgan fingerprint density at radius 3 is 1.76 bits per heavy atom. The Bertz CT molecular complexity index is 471. The Hall–Kier alpha value is -1.28. The SMILES string of the molecule is CC(C)Oc1ccc(-c2ccc(Br)cc2)cc1. The highest BCUT2D eigenvalue weighted by atomic mass is 79.9. The van der Waals surface area contributed by atoms with Crippen LogP contribution in [0.5, 0.6) is 5.75 Å². The van der Waals surface area contributed by atoms with Gasteiger partial charge < -0.3 is 4.74 Å². The Kier molecular flexibility index (Phi) is 3.85. The lowest BCUT2D eigenvalue weighted by Crippen LogP contribution is -2.05. The molecule has 0 aliphatic heterocycles. The molecule has 2 heteroatoms. The van der Waals surface area contributed by atoms with Gasteiger partial charge in [-0.15, -0.1) is 0 Å². The number of rotatable bonds is 3. The molecule has 17 heavy (non-hydrogen) atoms. The number of benzene rings is 2. The zero-order chi connectivity index (χ0) is 12.3. The summed E-state index contributed by atoms with van der Waals surface area (Å²) < 4.78 is 6.71. The molecule has 0 atom stereocenters. The summed E-state index contributed by atoms with van der Waals surface area (Å²) >= 11 is 3.44. The van der Waals surface area contributed by atoms with E-state index in [4.69, 9.17) is 4.74 Å². The van der Waals surface area contributed by atoms with Crippen molar-refractivity contribution in [2.45, 2.75) is 20.0 Å². The summed E-state index contributed by atoms with van der Waals surface area (Å²) in [5.41, 5.74) is 2.41. The fourth-order valence-electron chi connectivity index (χ4n) is 1.64. The van der Waals surface area contributed by atoms with E-state index in [-0.39, 0.29) is 6.10 Å². The second kappa shape index (κ2) is 5.37. The minimum atomic E-state index is 0.216. The molecule has 0 bridgehead atoms. The first-order valence-electron chi connectivity index (χ1n) is 5.68. The number of ether oxygens (including phenoxy) is 1. The molecule has 0 aromatic heterocycles. The highest BCUT2D eigenvalue weighted by Crippen LogP contribution is 2.24. The molecule has 0 unspecified atom stereocenters. The molecule has 0 aliphatic rings. The maximum Gasteiger partial charge on any atom is 0.119 e. The van der Waals surface area contributed by atoms with E-state index in [1.54, 1.807) is 0 Å². The van der Waals surface area contributed by atoms with Gasteiger partial charge in [0.05, 0.1) is 6.10 Å². The third-order valence-corrected chi connectivity index (χ3v) is 2.93. The molecule has 0 aliphatic carbocycles. The van der Waals surface area contributed by atoms with Crippen LogP contribution in [0.2, 0.25) is 0 Å². The Labute approximate surface area is 111 Å². The van der Waals surface area contributed by atoms with E-state index in [1.165, 1.54) is 11.1 Å². The van der Waals surface area contributed by atoms with E-state index in [0.717, 1.165) is 10.2 Å². The van der Waals surface area contributed by atoms with Crippen LogP contribution in [0.25, 0.3) is 11.1 Å². The van der Waals surface area contributed by atoms with Crippen LogP contribution in [0, 0.1) is 0 Å². The van der Waals surface area contributed by atoms with E-state index in [1.807, 2.05) is 38.1 Å². The van der Waals surface area contributed by atoms with Crippen LogP contribution in [0.3, 0.4) is 0 Å². The molecule has 0 fully saturated rings. The highest BCUT2D eigenvalue weighted by molar-refractivity contribution is 9.10. The zero-order valence-electron chi connectivity index (χ0n) is 9.98. The minimum Gasteiger partial charge on any atom is -0.491 e. The molecule has 88 valence electrons. The van der Waals surface area contributed by atoms with Crippen molar-refractivity contribution in [3.63, 3.8) is 0 Å². The quantitative estimate of drug-likeness (QED) is 0.781. The normalized spacial score (nSPS) is 10.6. The molecule has 0 saturated heterocycles. The Balaban J connectivity index is 2.20. The fraction of sp³-hybridized carbons (Fsp3) is 0.200. The summed E-state index contributed by atoms with van der Waals surface area (Å²) in [6.45, 7) is 4.06. The third-order valence-electron chi connectivity index (χ3n) is 2.40. The van der Waals surface area contributed by atoms with Gasteiger partial charge in [-0.25, -0.2) is 0 Å². The largest absolute Gasteiger partial charge is 0.491 e. The molecular weight excluding hydrogens is 276 g/mol. The Morgan fingerprint density at radius 2 is 1.29 bits per heavy atom. The van der Waals surface area contributed by atoms with Crippen molar-refractivity contribution in [3.05, 3.63) is 53.0 Å². The van der Waals surface area contributed by atoms with Crippen molar-refractivity contribution in [2.75, 3.05) is 0 Å². The summed E-state index contributed by atoms with van der Waals surface area (Å²) in [5.74, 6) is 0.917. The van der Waals surface area contributed by atoms with Crippen LogP contribution < -0.4 is 4.74 Å². The van der Waals surface area contributed by atoms with E-state index in [0.29, 0.717) is 0 Å².